The zero-order valence-electron chi connectivity index (χ0n) is 12.1. The Hall–Kier alpha value is -2.01. The first-order valence-corrected chi connectivity index (χ1v) is 6.61. The highest BCUT2D eigenvalue weighted by atomic mass is 16.5. The topological polar surface area (TPSA) is 56.5 Å². The molecule has 5 heteroatoms. The van der Waals surface area contributed by atoms with Crippen molar-refractivity contribution >= 4 is 0 Å². The molecule has 2 rings (SSSR count). The van der Waals surface area contributed by atoms with Gasteiger partial charge in [-0.25, -0.2) is 0 Å². The molecule has 20 heavy (non-hydrogen) atoms. The minimum atomic E-state index is 0.362. The Bertz CT molecular complexity index is 524. The first kappa shape index (κ1) is 14.4. The lowest BCUT2D eigenvalue weighted by molar-refractivity contribution is 0.246. The van der Waals surface area contributed by atoms with Gasteiger partial charge in [0.05, 0.1) is 13.3 Å². The van der Waals surface area contributed by atoms with Gasteiger partial charge in [-0.3, -0.25) is 0 Å². The molecule has 1 aromatic heterocycles. The molecular formula is C15H20N2O3. The predicted molar refractivity (Wildman–Crippen MR) is 75.8 cm³/mol. The van der Waals surface area contributed by atoms with Crippen molar-refractivity contribution in [1.29, 1.82) is 0 Å². The summed E-state index contributed by atoms with van der Waals surface area (Å²) in [6.45, 7) is 5.30. The van der Waals surface area contributed by atoms with Gasteiger partial charge in [0.25, 0.3) is 0 Å². The first-order valence-electron chi connectivity index (χ1n) is 6.61. The molecule has 1 N–H and O–H groups in total. The van der Waals surface area contributed by atoms with Crippen LogP contribution >= 0.6 is 0 Å². The number of hydrogen-bond acceptors (Lipinski definition) is 5. The number of ether oxygens (including phenoxy) is 2. The second-order valence-electron chi connectivity index (χ2n) is 4.78. The van der Waals surface area contributed by atoms with Crippen molar-refractivity contribution in [2.45, 2.75) is 33.0 Å². The lowest BCUT2D eigenvalue weighted by Gasteiger charge is -2.14. The minimum absolute atomic E-state index is 0.362. The predicted octanol–water partition coefficient (Wildman–Crippen LogP) is 2.76. The van der Waals surface area contributed by atoms with Crippen molar-refractivity contribution in [2.24, 2.45) is 0 Å². The fourth-order valence-corrected chi connectivity index (χ4v) is 1.74. The number of hydrogen-bond donors (Lipinski definition) is 1. The number of nitrogens with one attached hydrogen (secondary N) is 1. The molecule has 0 unspecified atom stereocenters. The Balaban J connectivity index is 2.08. The van der Waals surface area contributed by atoms with E-state index >= 15 is 0 Å². The smallest absolute Gasteiger partial charge is 0.174 e. The molecule has 0 saturated carbocycles. The Morgan fingerprint density at radius 2 is 2.15 bits per heavy atom. The summed E-state index contributed by atoms with van der Waals surface area (Å²) in [5, 5.41) is 7.03. The summed E-state index contributed by atoms with van der Waals surface area (Å²) in [6.07, 6.45) is 1.61. The zero-order chi connectivity index (χ0) is 14.4. The van der Waals surface area contributed by atoms with E-state index in [9.17, 15) is 0 Å². The molecule has 5 nitrogen and oxygen atoms in total. The van der Waals surface area contributed by atoms with Crippen LogP contribution in [0.2, 0.25) is 0 Å². The Morgan fingerprint density at radius 3 is 2.80 bits per heavy atom. The fourth-order valence-electron chi connectivity index (χ4n) is 1.74. The third kappa shape index (κ3) is 3.99. The van der Waals surface area contributed by atoms with Gasteiger partial charge in [0.15, 0.2) is 5.76 Å². The number of nitrogens with zero attached hydrogens (tertiary/aromatic N) is 1. The van der Waals surface area contributed by atoms with Gasteiger partial charge in [0.2, 0.25) is 0 Å². The van der Waals surface area contributed by atoms with Crippen molar-refractivity contribution in [2.75, 3.05) is 7.11 Å². The van der Waals surface area contributed by atoms with Gasteiger partial charge in [-0.2, -0.15) is 0 Å². The summed E-state index contributed by atoms with van der Waals surface area (Å²) in [6, 6.07) is 7.96. The lowest BCUT2D eigenvalue weighted by Crippen LogP contribution is -2.22. The molecule has 0 radical (unpaired) electrons. The maximum atomic E-state index is 5.78. The van der Waals surface area contributed by atoms with Crippen LogP contribution in [0.3, 0.4) is 0 Å². The summed E-state index contributed by atoms with van der Waals surface area (Å²) in [5.74, 6) is 2.33. The van der Waals surface area contributed by atoms with Crippen LogP contribution in [0.4, 0.5) is 0 Å². The van der Waals surface area contributed by atoms with Gasteiger partial charge in [-0.1, -0.05) is 19.0 Å². The van der Waals surface area contributed by atoms with Crippen LogP contribution in [0.1, 0.15) is 25.2 Å². The zero-order valence-corrected chi connectivity index (χ0v) is 12.1. The highest BCUT2D eigenvalue weighted by Gasteiger charge is 2.08. The molecule has 0 fully saturated rings. The third-order valence-electron chi connectivity index (χ3n) is 2.83. The normalized spacial score (nSPS) is 10.8. The lowest BCUT2D eigenvalue weighted by atomic mass is 10.1. The molecular weight excluding hydrogens is 256 g/mol. The van der Waals surface area contributed by atoms with Gasteiger partial charge in [-0.05, 0) is 18.2 Å². The maximum absolute atomic E-state index is 5.78. The Kier molecular flexibility index (Phi) is 5.01. The molecule has 0 spiro atoms. The van der Waals surface area contributed by atoms with Gasteiger partial charge in [0, 0.05) is 24.2 Å². The molecule has 108 valence electrons. The van der Waals surface area contributed by atoms with Crippen LogP contribution in [-0.2, 0) is 13.2 Å². The van der Waals surface area contributed by atoms with Crippen LogP contribution in [0.5, 0.6) is 11.5 Å². The molecule has 0 bridgehead atoms. The number of aromatic nitrogens is 1. The highest BCUT2D eigenvalue weighted by molar-refractivity contribution is 5.40. The van der Waals surface area contributed by atoms with E-state index in [2.05, 4.69) is 24.3 Å². The maximum Gasteiger partial charge on any atom is 0.174 e. The quantitative estimate of drug-likeness (QED) is 0.842. The van der Waals surface area contributed by atoms with E-state index in [0.29, 0.717) is 18.4 Å². The van der Waals surface area contributed by atoms with Crippen LogP contribution in [0, 0.1) is 0 Å². The van der Waals surface area contributed by atoms with E-state index in [4.69, 9.17) is 14.0 Å². The largest absolute Gasteiger partial charge is 0.497 e. The summed E-state index contributed by atoms with van der Waals surface area (Å²) in [4.78, 5) is 0. The van der Waals surface area contributed by atoms with Gasteiger partial charge >= 0.3 is 0 Å². The molecule has 0 aliphatic rings. The van der Waals surface area contributed by atoms with Crippen LogP contribution in [-0.4, -0.2) is 18.3 Å². The average molecular weight is 276 g/mol. The van der Waals surface area contributed by atoms with Crippen molar-refractivity contribution in [3.8, 4) is 11.5 Å². The summed E-state index contributed by atoms with van der Waals surface area (Å²) in [5.41, 5.74) is 1.05. The van der Waals surface area contributed by atoms with E-state index in [1.165, 1.54) is 0 Å². The molecule has 0 aliphatic carbocycles. The van der Waals surface area contributed by atoms with E-state index < -0.39 is 0 Å². The van der Waals surface area contributed by atoms with E-state index in [1.807, 2.05) is 18.2 Å². The molecule has 0 saturated heterocycles. The standard InChI is InChI=1S/C15H20N2O3/c1-11(2)16-9-12-8-13(18-3)4-5-15(12)19-10-14-6-7-17-20-14/h4-8,11,16H,9-10H2,1-3H3. The first-order chi connectivity index (χ1) is 9.69. The third-order valence-corrected chi connectivity index (χ3v) is 2.83. The summed E-state index contributed by atoms with van der Waals surface area (Å²) >= 11 is 0. The summed E-state index contributed by atoms with van der Waals surface area (Å²) in [7, 11) is 1.66. The second-order valence-corrected chi connectivity index (χ2v) is 4.78. The van der Waals surface area contributed by atoms with E-state index in [1.54, 1.807) is 19.4 Å². The van der Waals surface area contributed by atoms with Crippen molar-refractivity contribution in [3.05, 3.63) is 41.8 Å². The van der Waals surface area contributed by atoms with Crippen LogP contribution in [0.15, 0.2) is 35.0 Å². The molecule has 1 heterocycles. The van der Waals surface area contributed by atoms with E-state index in [0.717, 1.165) is 23.6 Å². The second kappa shape index (κ2) is 6.96. The number of methoxy groups -OCH3 is 1. The fraction of sp³-hybridized carbons (Fsp3) is 0.400. The van der Waals surface area contributed by atoms with Crippen LogP contribution in [0.25, 0.3) is 0 Å². The van der Waals surface area contributed by atoms with Gasteiger partial charge < -0.3 is 19.3 Å². The monoisotopic (exact) mass is 276 g/mol. The molecule has 0 amide bonds. The van der Waals surface area contributed by atoms with Crippen molar-refractivity contribution in [3.63, 3.8) is 0 Å². The highest BCUT2D eigenvalue weighted by Crippen LogP contribution is 2.25. The van der Waals surface area contributed by atoms with Crippen molar-refractivity contribution in [1.82, 2.24) is 10.5 Å². The molecule has 0 atom stereocenters. The Labute approximate surface area is 118 Å². The number of rotatable bonds is 7. The SMILES string of the molecule is COc1ccc(OCc2ccno2)c(CNC(C)C)c1. The van der Waals surface area contributed by atoms with Gasteiger partial charge in [0.1, 0.15) is 18.1 Å². The molecule has 2 aromatic rings. The molecule has 1 aromatic carbocycles. The average Bonchev–Trinajstić information content (AvgIpc) is 2.96. The number of benzene rings is 1. The minimum Gasteiger partial charge on any atom is -0.497 e. The van der Waals surface area contributed by atoms with Gasteiger partial charge in [-0.15, -0.1) is 0 Å². The molecule has 0 aliphatic heterocycles. The van der Waals surface area contributed by atoms with Crippen LogP contribution < -0.4 is 14.8 Å². The summed E-state index contributed by atoms with van der Waals surface area (Å²) < 4.78 is 16.1. The van der Waals surface area contributed by atoms with E-state index in [-0.39, 0.29) is 0 Å². The Morgan fingerprint density at radius 1 is 1.30 bits per heavy atom. The van der Waals surface area contributed by atoms with Crippen molar-refractivity contribution < 1.29 is 14.0 Å².